The fourth-order valence-electron chi connectivity index (χ4n) is 1.27. The lowest BCUT2D eigenvalue weighted by Gasteiger charge is -2.15. The van der Waals surface area contributed by atoms with E-state index in [-0.39, 0.29) is 0 Å². The van der Waals surface area contributed by atoms with Crippen molar-refractivity contribution >= 4 is 0 Å². The van der Waals surface area contributed by atoms with E-state index in [2.05, 4.69) is 4.98 Å². The second kappa shape index (κ2) is 4.20. The molecule has 3 N–H and O–H groups in total. The Labute approximate surface area is 86.7 Å². The van der Waals surface area contributed by atoms with E-state index in [4.69, 9.17) is 10.8 Å². The molecule has 0 radical (unpaired) electrons. The van der Waals surface area contributed by atoms with Gasteiger partial charge in [-0.05, 0) is 0 Å². The Morgan fingerprint density at radius 2 is 1.94 bits per heavy atom. The molecule has 1 rings (SSSR count). The summed E-state index contributed by atoms with van der Waals surface area (Å²) < 4.78 is 62.0. The molecule has 1 aromatic rings. The van der Waals surface area contributed by atoms with E-state index in [0.29, 0.717) is 6.20 Å². The Morgan fingerprint density at radius 3 is 2.31 bits per heavy atom. The summed E-state index contributed by atoms with van der Waals surface area (Å²) in [6, 6.07) is 0. The van der Waals surface area contributed by atoms with Crippen LogP contribution in [0.15, 0.2) is 6.20 Å². The highest BCUT2D eigenvalue weighted by Crippen LogP contribution is 2.40. The highest BCUT2D eigenvalue weighted by molar-refractivity contribution is 5.42. The molecule has 0 bridgehead atoms. The standard InChI is InChI=1S/C8H7F5N2O/c9-7(10)6-3(1-14)5(8(11,12)13)4(16)2-15-6/h2,7,16H,1,14H2. The fraction of sp³-hybridized carbons (Fsp3) is 0.375. The smallest absolute Gasteiger partial charge is 0.420 e. The second-order valence-corrected chi connectivity index (χ2v) is 2.88. The van der Waals surface area contributed by atoms with Gasteiger partial charge in [0.1, 0.15) is 17.0 Å². The van der Waals surface area contributed by atoms with E-state index >= 15 is 0 Å². The number of pyridine rings is 1. The average molecular weight is 242 g/mol. The molecule has 0 aliphatic heterocycles. The molecule has 8 heteroatoms. The Kier molecular flexibility index (Phi) is 3.32. The molecule has 0 aliphatic carbocycles. The number of alkyl halides is 5. The van der Waals surface area contributed by atoms with Gasteiger partial charge in [0, 0.05) is 12.1 Å². The average Bonchev–Trinajstić information content (AvgIpc) is 2.14. The van der Waals surface area contributed by atoms with Gasteiger partial charge in [0.2, 0.25) is 0 Å². The molecule has 1 heterocycles. The maximum atomic E-state index is 12.5. The highest BCUT2D eigenvalue weighted by Gasteiger charge is 2.38. The number of aromatic hydroxyl groups is 1. The zero-order valence-electron chi connectivity index (χ0n) is 7.72. The molecular weight excluding hydrogens is 235 g/mol. The van der Waals surface area contributed by atoms with Crippen LogP contribution >= 0.6 is 0 Å². The van der Waals surface area contributed by atoms with Crippen molar-refractivity contribution < 1.29 is 27.1 Å². The molecule has 1 aromatic heterocycles. The highest BCUT2D eigenvalue weighted by atomic mass is 19.4. The van der Waals surface area contributed by atoms with Gasteiger partial charge in [-0.15, -0.1) is 0 Å². The lowest BCUT2D eigenvalue weighted by molar-refractivity contribution is -0.139. The summed E-state index contributed by atoms with van der Waals surface area (Å²) in [5.41, 5.74) is 1.47. The van der Waals surface area contributed by atoms with Gasteiger partial charge in [-0.1, -0.05) is 0 Å². The minimum atomic E-state index is -4.95. The van der Waals surface area contributed by atoms with Crippen molar-refractivity contribution in [3.8, 4) is 5.75 Å². The van der Waals surface area contributed by atoms with Crippen LogP contribution in [0, 0.1) is 0 Å². The molecule has 0 unspecified atom stereocenters. The number of aromatic nitrogens is 1. The summed E-state index contributed by atoms with van der Waals surface area (Å²) in [6.45, 7) is -0.782. The zero-order chi connectivity index (χ0) is 12.5. The van der Waals surface area contributed by atoms with Gasteiger partial charge in [-0.2, -0.15) is 13.2 Å². The van der Waals surface area contributed by atoms with Crippen LogP contribution in [-0.2, 0) is 12.7 Å². The number of halogens is 5. The Hall–Kier alpha value is -1.44. The largest absolute Gasteiger partial charge is 0.506 e. The second-order valence-electron chi connectivity index (χ2n) is 2.88. The molecule has 0 atom stereocenters. The first-order chi connectivity index (χ1) is 7.29. The predicted molar refractivity (Wildman–Crippen MR) is 43.8 cm³/mol. The molecule has 3 nitrogen and oxygen atoms in total. The maximum absolute atomic E-state index is 12.5. The number of nitrogens with zero attached hydrogens (tertiary/aromatic N) is 1. The number of hydrogen-bond donors (Lipinski definition) is 2. The first-order valence-electron chi connectivity index (χ1n) is 4.05. The van der Waals surface area contributed by atoms with Crippen LogP contribution in [0.3, 0.4) is 0 Å². The van der Waals surface area contributed by atoms with Gasteiger partial charge in [-0.3, -0.25) is 4.98 Å². The molecule has 0 saturated heterocycles. The molecule has 0 aliphatic rings. The molecule has 0 aromatic carbocycles. The third-order valence-electron chi connectivity index (χ3n) is 1.89. The topological polar surface area (TPSA) is 59.1 Å². The van der Waals surface area contributed by atoms with Crippen molar-refractivity contribution in [3.63, 3.8) is 0 Å². The van der Waals surface area contributed by atoms with Crippen LogP contribution in [-0.4, -0.2) is 10.1 Å². The van der Waals surface area contributed by atoms with Gasteiger partial charge in [-0.25, -0.2) is 8.78 Å². The Bertz CT molecular complexity index is 391. The number of rotatable bonds is 2. The monoisotopic (exact) mass is 242 g/mol. The quantitative estimate of drug-likeness (QED) is 0.781. The lowest BCUT2D eigenvalue weighted by atomic mass is 10.1. The summed E-state index contributed by atoms with van der Waals surface area (Å²) in [4.78, 5) is 3.04. The van der Waals surface area contributed by atoms with Gasteiger partial charge < -0.3 is 10.8 Å². The van der Waals surface area contributed by atoms with Crippen LogP contribution in [0.25, 0.3) is 0 Å². The van der Waals surface area contributed by atoms with Gasteiger partial charge in [0.25, 0.3) is 6.43 Å². The van der Waals surface area contributed by atoms with Crippen molar-refractivity contribution in [2.45, 2.75) is 19.1 Å². The van der Waals surface area contributed by atoms with Gasteiger partial charge >= 0.3 is 6.18 Å². The third-order valence-corrected chi connectivity index (χ3v) is 1.89. The number of hydrogen-bond acceptors (Lipinski definition) is 3. The summed E-state index contributed by atoms with van der Waals surface area (Å²) in [5, 5.41) is 8.98. The van der Waals surface area contributed by atoms with Crippen molar-refractivity contribution in [2.75, 3.05) is 0 Å². The minimum Gasteiger partial charge on any atom is -0.506 e. The van der Waals surface area contributed by atoms with E-state index in [0.717, 1.165) is 0 Å². The molecule has 90 valence electrons. The van der Waals surface area contributed by atoms with E-state index in [1.807, 2.05) is 0 Å². The van der Waals surface area contributed by atoms with Crippen LogP contribution in [0.2, 0.25) is 0 Å². The van der Waals surface area contributed by atoms with Crippen LogP contribution in [0.4, 0.5) is 22.0 Å². The number of nitrogens with two attached hydrogens (primary N) is 1. The molecule has 0 saturated carbocycles. The minimum absolute atomic E-state index is 0.337. The molecular formula is C8H7F5N2O. The predicted octanol–water partition coefficient (Wildman–Crippen LogP) is 2.20. The summed E-state index contributed by atoms with van der Waals surface area (Å²) in [7, 11) is 0. The third kappa shape index (κ3) is 2.21. The van der Waals surface area contributed by atoms with E-state index in [1.165, 1.54) is 0 Å². The van der Waals surface area contributed by atoms with Crippen molar-refractivity contribution in [1.82, 2.24) is 4.98 Å². The Morgan fingerprint density at radius 1 is 1.38 bits per heavy atom. The Balaban J connectivity index is 3.51. The van der Waals surface area contributed by atoms with Crippen LogP contribution in [0.5, 0.6) is 5.75 Å². The van der Waals surface area contributed by atoms with Crippen molar-refractivity contribution in [3.05, 3.63) is 23.0 Å². The first-order valence-corrected chi connectivity index (χ1v) is 4.05. The SMILES string of the molecule is NCc1c(C(F)F)ncc(O)c1C(F)(F)F. The molecule has 16 heavy (non-hydrogen) atoms. The van der Waals surface area contributed by atoms with Crippen molar-refractivity contribution in [1.29, 1.82) is 0 Å². The van der Waals surface area contributed by atoms with E-state index in [1.54, 1.807) is 0 Å². The van der Waals surface area contributed by atoms with E-state index in [9.17, 15) is 22.0 Å². The lowest BCUT2D eigenvalue weighted by Crippen LogP contribution is -2.16. The molecule has 0 amide bonds. The summed E-state index contributed by atoms with van der Waals surface area (Å²) in [5.74, 6) is -1.21. The van der Waals surface area contributed by atoms with Gasteiger partial charge in [0.15, 0.2) is 0 Å². The van der Waals surface area contributed by atoms with Crippen molar-refractivity contribution in [2.24, 2.45) is 5.73 Å². The maximum Gasteiger partial charge on any atom is 0.420 e. The first kappa shape index (κ1) is 12.6. The summed E-state index contributed by atoms with van der Waals surface area (Å²) >= 11 is 0. The van der Waals surface area contributed by atoms with E-state index < -0.39 is 41.7 Å². The molecule has 0 fully saturated rings. The van der Waals surface area contributed by atoms with Crippen LogP contribution < -0.4 is 5.73 Å². The van der Waals surface area contributed by atoms with Crippen LogP contribution in [0.1, 0.15) is 23.2 Å². The molecule has 0 spiro atoms. The van der Waals surface area contributed by atoms with Gasteiger partial charge in [0.05, 0.1) is 6.20 Å². The fourth-order valence-corrected chi connectivity index (χ4v) is 1.27. The summed E-state index contributed by atoms with van der Waals surface area (Å²) in [6.07, 6.45) is -7.80. The normalized spacial score (nSPS) is 12.2. The zero-order valence-corrected chi connectivity index (χ0v) is 7.72.